The molecule has 0 bridgehead atoms. The Hall–Kier alpha value is -1.39. The van der Waals surface area contributed by atoms with E-state index in [4.69, 9.17) is 0 Å². The van der Waals surface area contributed by atoms with E-state index in [2.05, 4.69) is 0 Å². The molecule has 0 radical (unpaired) electrons. The van der Waals surface area contributed by atoms with E-state index < -0.39 is 6.04 Å². The SMILES string of the molecule is CCC(C)N1CC(=O)N2CC(=O)C[C@@H]2C1=O. The van der Waals surface area contributed by atoms with Crippen LogP contribution in [0.2, 0.25) is 0 Å². The van der Waals surface area contributed by atoms with Crippen molar-refractivity contribution in [2.75, 3.05) is 13.1 Å². The number of fused-ring (bicyclic) bond motifs is 1. The van der Waals surface area contributed by atoms with Crippen LogP contribution in [0.1, 0.15) is 26.7 Å². The molecule has 2 rings (SSSR count). The number of piperazine rings is 1. The molecule has 2 atom stereocenters. The van der Waals surface area contributed by atoms with Crippen molar-refractivity contribution in [1.29, 1.82) is 0 Å². The van der Waals surface area contributed by atoms with Gasteiger partial charge in [0.25, 0.3) is 0 Å². The molecule has 0 spiro atoms. The quantitative estimate of drug-likeness (QED) is 0.652. The van der Waals surface area contributed by atoms with Crippen LogP contribution in [0.15, 0.2) is 0 Å². The molecule has 2 amide bonds. The predicted molar refractivity (Wildman–Crippen MR) is 56.6 cm³/mol. The van der Waals surface area contributed by atoms with Crippen LogP contribution in [0.5, 0.6) is 0 Å². The molecule has 0 aromatic heterocycles. The van der Waals surface area contributed by atoms with Gasteiger partial charge in [0.15, 0.2) is 5.78 Å². The normalized spacial score (nSPS) is 27.4. The molecule has 0 aromatic carbocycles. The Balaban J connectivity index is 2.21. The van der Waals surface area contributed by atoms with Gasteiger partial charge in [0.1, 0.15) is 12.6 Å². The van der Waals surface area contributed by atoms with Crippen molar-refractivity contribution < 1.29 is 14.4 Å². The molecule has 0 saturated carbocycles. The molecule has 5 heteroatoms. The topological polar surface area (TPSA) is 57.7 Å². The highest BCUT2D eigenvalue weighted by atomic mass is 16.2. The lowest BCUT2D eigenvalue weighted by Gasteiger charge is -2.38. The smallest absolute Gasteiger partial charge is 0.246 e. The van der Waals surface area contributed by atoms with E-state index in [9.17, 15) is 14.4 Å². The monoisotopic (exact) mass is 224 g/mol. The summed E-state index contributed by atoms with van der Waals surface area (Å²) in [5.41, 5.74) is 0. The lowest BCUT2D eigenvalue weighted by Crippen LogP contribution is -2.59. The Morgan fingerprint density at radius 3 is 2.62 bits per heavy atom. The minimum Gasteiger partial charge on any atom is -0.329 e. The van der Waals surface area contributed by atoms with E-state index in [0.29, 0.717) is 0 Å². The van der Waals surface area contributed by atoms with Crippen molar-refractivity contribution in [1.82, 2.24) is 9.80 Å². The zero-order chi connectivity index (χ0) is 11.9. The minimum absolute atomic E-state index is 0.0160. The van der Waals surface area contributed by atoms with Gasteiger partial charge in [-0.25, -0.2) is 0 Å². The van der Waals surface area contributed by atoms with Crippen LogP contribution in [0.25, 0.3) is 0 Å². The second kappa shape index (κ2) is 3.88. The first-order chi connectivity index (χ1) is 7.54. The second-order valence-electron chi connectivity index (χ2n) is 4.50. The third-order valence-electron chi connectivity index (χ3n) is 3.46. The maximum absolute atomic E-state index is 12.1. The van der Waals surface area contributed by atoms with E-state index in [1.54, 1.807) is 4.90 Å². The Kier molecular flexibility index (Phi) is 2.69. The lowest BCUT2D eigenvalue weighted by molar-refractivity contribution is -0.155. The molecule has 2 heterocycles. The summed E-state index contributed by atoms with van der Waals surface area (Å²) in [6.45, 7) is 4.15. The van der Waals surface area contributed by atoms with Crippen LogP contribution in [-0.2, 0) is 14.4 Å². The summed E-state index contributed by atoms with van der Waals surface area (Å²) in [5, 5.41) is 0. The van der Waals surface area contributed by atoms with Crippen LogP contribution < -0.4 is 0 Å². The van der Waals surface area contributed by atoms with Crippen molar-refractivity contribution in [2.24, 2.45) is 0 Å². The molecule has 88 valence electrons. The first-order valence-corrected chi connectivity index (χ1v) is 5.66. The molecule has 16 heavy (non-hydrogen) atoms. The molecule has 0 aromatic rings. The van der Waals surface area contributed by atoms with E-state index in [-0.39, 0.29) is 43.1 Å². The number of nitrogens with zero attached hydrogens (tertiary/aromatic N) is 2. The molecule has 0 N–H and O–H groups in total. The largest absolute Gasteiger partial charge is 0.329 e. The predicted octanol–water partition coefficient (Wildman–Crippen LogP) is -0.203. The molecule has 2 aliphatic rings. The van der Waals surface area contributed by atoms with Gasteiger partial charge in [0.2, 0.25) is 11.8 Å². The van der Waals surface area contributed by atoms with E-state index in [0.717, 1.165) is 6.42 Å². The van der Waals surface area contributed by atoms with Gasteiger partial charge in [0.05, 0.1) is 6.54 Å². The molecular formula is C11H16N2O3. The highest BCUT2D eigenvalue weighted by molar-refractivity contribution is 6.03. The fraction of sp³-hybridized carbons (Fsp3) is 0.727. The van der Waals surface area contributed by atoms with E-state index in [1.165, 1.54) is 4.90 Å². The van der Waals surface area contributed by atoms with Crippen LogP contribution >= 0.6 is 0 Å². The summed E-state index contributed by atoms with van der Waals surface area (Å²) in [5.74, 6) is -0.187. The molecule has 2 aliphatic heterocycles. The number of hydrogen-bond acceptors (Lipinski definition) is 3. The summed E-state index contributed by atoms with van der Waals surface area (Å²) in [7, 11) is 0. The van der Waals surface area contributed by atoms with Crippen LogP contribution in [0.3, 0.4) is 0 Å². The van der Waals surface area contributed by atoms with Crippen LogP contribution in [0.4, 0.5) is 0 Å². The van der Waals surface area contributed by atoms with E-state index in [1.807, 2.05) is 13.8 Å². The summed E-state index contributed by atoms with van der Waals surface area (Å²) >= 11 is 0. The highest BCUT2D eigenvalue weighted by Crippen LogP contribution is 2.23. The maximum atomic E-state index is 12.1. The average Bonchev–Trinajstić information content (AvgIpc) is 2.65. The number of rotatable bonds is 2. The Labute approximate surface area is 94.4 Å². The number of ketones is 1. The van der Waals surface area contributed by atoms with Gasteiger partial charge < -0.3 is 9.80 Å². The number of amides is 2. The summed E-state index contributed by atoms with van der Waals surface area (Å²) in [6.07, 6.45) is 1.01. The summed E-state index contributed by atoms with van der Waals surface area (Å²) < 4.78 is 0. The van der Waals surface area contributed by atoms with Crippen molar-refractivity contribution >= 4 is 17.6 Å². The number of carbonyl (C=O) groups excluding carboxylic acids is 3. The van der Waals surface area contributed by atoms with Gasteiger partial charge in [0, 0.05) is 12.5 Å². The fourth-order valence-electron chi connectivity index (χ4n) is 2.27. The highest BCUT2D eigenvalue weighted by Gasteiger charge is 2.45. The molecular weight excluding hydrogens is 208 g/mol. The third kappa shape index (κ3) is 1.60. The molecule has 1 unspecified atom stereocenters. The molecule has 0 aliphatic carbocycles. The van der Waals surface area contributed by atoms with Gasteiger partial charge in [-0.1, -0.05) is 6.92 Å². The molecule has 2 saturated heterocycles. The molecule has 2 fully saturated rings. The van der Waals surface area contributed by atoms with Crippen LogP contribution in [-0.4, -0.2) is 52.6 Å². The first-order valence-electron chi connectivity index (χ1n) is 5.66. The summed E-state index contributed by atoms with van der Waals surface area (Å²) in [4.78, 5) is 38.2. The third-order valence-corrected chi connectivity index (χ3v) is 3.46. The Morgan fingerprint density at radius 2 is 2.00 bits per heavy atom. The fourth-order valence-corrected chi connectivity index (χ4v) is 2.27. The van der Waals surface area contributed by atoms with Gasteiger partial charge in [-0.2, -0.15) is 0 Å². The number of carbonyl (C=O) groups is 3. The zero-order valence-corrected chi connectivity index (χ0v) is 9.60. The van der Waals surface area contributed by atoms with E-state index >= 15 is 0 Å². The number of hydrogen-bond donors (Lipinski definition) is 0. The maximum Gasteiger partial charge on any atom is 0.246 e. The minimum atomic E-state index is -0.525. The second-order valence-corrected chi connectivity index (χ2v) is 4.50. The average molecular weight is 224 g/mol. The number of Topliss-reactive ketones (excluding diaryl/α,β-unsaturated/α-hetero) is 1. The zero-order valence-electron chi connectivity index (χ0n) is 9.60. The van der Waals surface area contributed by atoms with Crippen molar-refractivity contribution in [3.05, 3.63) is 0 Å². The van der Waals surface area contributed by atoms with Crippen molar-refractivity contribution in [3.8, 4) is 0 Å². The molecule has 5 nitrogen and oxygen atoms in total. The first kappa shape index (κ1) is 11.1. The van der Waals surface area contributed by atoms with Gasteiger partial charge in [-0.15, -0.1) is 0 Å². The Bertz CT molecular complexity index is 353. The van der Waals surface area contributed by atoms with Gasteiger partial charge >= 0.3 is 0 Å². The van der Waals surface area contributed by atoms with Crippen molar-refractivity contribution in [3.63, 3.8) is 0 Å². The van der Waals surface area contributed by atoms with Crippen molar-refractivity contribution in [2.45, 2.75) is 38.8 Å². The van der Waals surface area contributed by atoms with Crippen LogP contribution in [0, 0.1) is 0 Å². The Morgan fingerprint density at radius 1 is 1.31 bits per heavy atom. The van der Waals surface area contributed by atoms with Gasteiger partial charge in [-0.05, 0) is 13.3 Å². The standard InChI is InChI=1S/C11H16N2O3/c1-3-7(2)12-6-10(15)13-5-8(14)4-9(13)11(12)16/h7,9H,3-6H2,1-2H3/t7?,9-/m1/s1. The van der Waals surface area contributed by atoms with Gasteiger partial charge in [-0.3, -0.25) is 14.4 Å². The summed E-state index contributed by atoms with van der Waals surface area (Å²) in [6, 6.07) is -0.461. The lowest BCUT2D eigenvalue weighted by atomic mass is 10.1.